The van der Waals surface area contributed by atoms with Crippen molar-refractivity contribution in [1.82, 2.24) is 0 Å². The Bertz CT molecular complexity index is 446. The first-order valence-corrected chi connectivity index (χ1v) is 6.31. The molecule has 6 heteroatoms. The van der Waals surface area contributed by atoms with Gasteiger partial charge in [0.2, 0.25) is 0 Å². The van der Waals surface area contributed by atoms with Gasteiger partial charge in [0, 0.05) is 7.05 Å². The molecule has 0 bridgehead atoms. The Kier molecular flexibility index (Phi) is 4.76. The summed E-state index contributed by atoms with van der Waals surface area (Å²) >= 11 is 10.4. The van der Waals surface area contributed by atoms with Crippen molar-refractivity contribution in [3.63, 3.8) is 0 Å². The van der Waals surface area contributed by atoms with Gasteiger partial charge >= 0.3 is 5.97 Å². The number of alkyl halides is 1. The van der Waals surface area contributed by atoms with Crippen molar-refractivity contribution in [1.29, 1.82) is 0 Å². The summed E-state index contributed by atoms with van der Waals surface area (Å²) in [4.78, 5) is 13.3. The van der Waals surface area contributed by atoms with E-state index in [1.165, 1.54) is 0 Å². The molecule has 0 aromatic heterocycles. The molecule has 1 atom stereocenters. The van der Waals surface area contributed by atoms with E-state index in [1.807, 2.05) is 0 Å². The zero-order valence-corrected chi connectivity index (χ0v) is 12.3. The van der Waals surface area contributed by atoms with Crippen LogP contribution >= 0.6 is 24.2 Å². The molecule has 1 rings (SSSR count). The molecule has 0 saturated carbocycles. The minimum atomic E-state index is -0.901. The monoisotopic (exact) mass is 288 g/mol. The molecule has 0 radical (unpaired) electrons. The van der Waals surface area contributed by atoms with E-state index in [0.717, 1.165) is 0 Å². The maximum Gasteiger partial charge on any atom is 0.338 e. The number of nitrogens with zero attached hydrogens (tertiary/aromatic N) is 1. The van der Waals surface area contributed by atoms with Gasteiger partial charge in [-0.05, 0) is 32.0 Å². The summed E-state index contributed by atoms with van der Waals surface area (Å²) in [7, 11) is 1.75. The number of benzene rings is 1. The average Bonchev–Trinajstić information content (AvgIpc) is 2.27. The first kappa shape index (κ1) is 15.0. The van der Waals surface area contributed by atoms with Crippen LogP contribution in [0.5, 0.6) is 0 Å². The van der Waals surface area contributed by atoms with Gasteiger partial charge in [-0.15, -0.1) is 12.6 Å². The van der Waals surface area contributed by atoms with Crippen LogP contribution in [0.1, 0.15) is 24.2 Å². The summed E-state index contributed by atoms with van der Waals surface area (Å²) in [5, 5.41) is 0. The van der Waals surface area contributed by atoms with Gasteiger partial charge in [-0.3, -0.25) is 0 Å². The van der Waals surface area contributed by atoms with Crippen LogP contribution in [0.25, 0.3) is 0 Å². The number of ether oxygens (including phenoxy) is 1. The largest absolute Gasteiger partial charge is 0.462 e. The molecule has 1 unspecified atom stereocenters. The van der Waals surface area contributed by atoms with Gasteiger partial charge in [0.1, 0.15) is 0 Å². The third kappa shape index (κ3) is 3.46. The van der Waals surface area contributed by atoms with Crippen molar-refractivity contribution >= 4 is 41.6 Å². The summed E-state index contributed by atoms with van der Waals surface area (Å²) in [5.41, 5.74) is 7.46. The van der Waals surface area contributed by atoms with Crippen LogP contribution in [0.4, 0.5) is 11.4 Å². The standard InChI is InChI=1S/C12H17ClN2O2S/c1-4-17-11(16)8-5-6-9(14)10(7-8)15(3)12(2,13)18/h5-7,18H,4,14H2,1-3H3. The van der Waals surface area contributed by atoms with E-state index in [1.54, 1.807) is 44.0 Å². The molecule has 4 nitrogen and oxygen atoms in total. The zero-order chi connectivity index (χ0) is 13.9. The highest BCUT2D eigenvalue weighted by atomic mass is 35.5. The number of carbonyl (C=O) groups is 1. The second kappa shape index (κ2) is 5.71. The Morgan fingerprint density at radius 1 is 1.61 bits per heavy atom. The number of halogens is 1. The van der Waals surface area contributed by atoms with Gasteiger partial charge in [0.05, 0.1) is 23.5 Å². The number of nitrogens with two attached hydrogens (primary N) is 1. The quantitative estimate of drug-likeness (QED) is 0.223. The van der Waals surface area contributed by atoms with E-state index in [-0.39, 0.29) is 5.97 Å². The van der Waals surface area contributed by atoms with Crippen molar-refractivity contribution in [2.24, 2.45) is 0 Å². The number of anilines is 2. The fraction of sp³-hybridized carbons (Fsp3) is 0.417. The minimum Gasteiger partial charge on any atom is -0.462 e. The molecule has 0 aliphatic carbocycles. The molecule has 100 valence electrons. The van der Waals surface area contributed by atoms with Crippen molar-refractivity contribution in [3.05, 3.63) is 23.8 Å². The first-order valence-electron chi connectivity index (χ1n) is 5.49. The Labute approximate surface area is 117 Å². The molecule has 0 aliphatic rings. The van der Waals surface area contributed by atoms with Crippen molar-refractivity contribution in [2.75, 3.05) is 24.3 Å². The third-order valence-electron chi connectivity index (χ3n) is 2.52. The van der Waals surface area contributed by atoms with Gasteiger partial charge in [-0.2, -0.15) is 0 Å². The van der Waals surface area contributed by atoms with Gasteiger partial charge in [0.15, 0.2) is 4.33 Å². The number of carbonyl (C=O) groups excluding carboxylic acids is 1. The lowest BCUT2D eigenvalue weighted by atomic mass is 10.1. The fourth-order valence-electron chi connectivity index (χ4n) is 1.40. The summed E-state index contributed by atoms with van der Waals surface area (Å²) < 4.78 is 4.04. The Balaban J connectivity index is 3.13. The Hall–Kier alpha value is -1.07. The molecule has 2 N–H and O–H groups in total. The van der Waals surface area contributed by atoms with E-state index < -0.39 is 4.33 Å². The lowest BCUT2D eigenvalue weighted by Gasteiger charge is -2.31. The molecule has 0 fully saturated rings. The van der Waals surface area contributed by atoms with Gasteiger partial charge in [-0.25, -0.2) is 4.79 Å². The average molecular weight is 289 g/mol. The van der Waals surface area contributed by atoms with E-state index >= 15 is 0 Å². The predicted molar refractivity (Wildman–Crippen MR) is 78.5 cm³/mol. The molecule has 1 aromatic carbocycles. The molecule has 0 aliphatic heterocycles. The number of thiol groups is 1. The smallest absolute Gasteiger partial charge is 0.338 e. The maximum atomic E-state index is 11.6. The molecule has 0 spiro atoms. The summed E-state index contributed by atoms with van der Waals surface area (Å²) in [6.07, 6.45) is 0. The van der Waals surface area contributed by atoms with Gasteiger partial charge in [0.25, 0.3) is 0 Å². The van der Waals surface area contributed by atoms with Crippen molar-refractivity contribution in [3.8, 4) is 0 Å². The second-order valence-corrected chi connectivity index (χ2v) is 5.83. The number of hydrogen-bond acceptors (Lipinski definition) is 5. The van der Waals surface area contributed by atoms with E-state index in [2.05, 4.69) is 12.6 Å². The van der Waals surface area contributed by atoms with Crippen LogP contribution in [-0.4, -0.2) is 24.0 Å². The fourth-order valence-corrected chi connectivity index (χ4v) is 1.59. The molecular formula is C12H17ClN2O2S. The number of hydrogen-bond donors (Lipinski definition) is 2. The normalized spacial score (nSPS) is 13.8. The molecule has 0 saturated heterocycles. The van der Waals surface area contributed by atoms with Gasteiger partial charge in [-0.1, -0.05) is 11.6 Å². The topological polar surface area (TPSA) is 55.6 Å². The van der Waals surface area contributed by atoms with Crippen LogP contribution in [0.3, 0.4) is 0 Å². The Morgan fingerprint density at radius 2 is 2.22 bits per heavy atom. The highest BCUT2D eigenvalue weighted by Crippen LogP contribution is 2.33. The number of nitrogen functional groups attached to an aromatic ring is 1. The zero-order valence-electron chi connectivity index (χ0n) is 10.6. The van der Waals surface area contributed by atoms with Crippen LogP contribution < -0.4 is 10.6 Å². The lowest BCUT2D eigenvalue weighted by molar-refractivity contribution is 0.0526. The van der Waals surface area contributed by atoms with Crippen molar-refractivity contribution < 1.29 is 9.53 Å². The highest BCUT2D eigenvalue weighted by Gasteiger charge is 2.24. The predicted octanol–water partition coefficient (Wildman–Crippen LogP) is 2.72. The highest BCUT2D eigenvalue weighted by molar-refractivity contribution is 7.83. The first-order chi connectivity index (χ1) is 8.27. The Morgan fingerprint density at radius 3 is 2.72 bits per heavy atom. The van der Waals surface area contributed by atoms with E-state index in [9.17, 15) is 4.79 Å². The van der Waals surface area contributed by atoms with E-state index in [4.69, 9.17) is 22.1 Å². The van der Waals surface area contributed by atoms with Crippen LogP contribution in [-0.2, 0) is 4.74 Å². The maximum absolute atomic E-state index is 11.6. The van der Waals surface area contributed by atoms with Crippen LogP contribution in [0.2, 0.25) is 0 Å². The lowest BCUT2D eigenvalue weighted by Crippen LogP contribution is -2.34. The molecule has 0 heterocycles. The minimum absolute atomic E-state index is 0.328. The summed E-state index contributed by atoms with van der Waals surface area (Å²) in [6, 6.07) is 4.91. The van der Waals surface area contributed by atoms with Crippen molar-refractivity contribution in [2.45, 2.75) is 18.2 Å². The molecule has 0 amide bonds. The third-order valence-corrected chi connectivity index (χ3v) is 3.07. The number of esters is 1. The number of rotatable bonds is 4. The van der Waals surface area contributed by atoms with Crippen LogP contribution in [0.15, 0.2) is 18.2 Å². The SMILES string of the molecule is CCOC(=O)c1ccc(N)c(N(C)C(C)(S)Cl)c1. The summed E-state index contributed by atoms with van der Waals surface area (Å²) in [6.45, 7) is 3.80. The van der Waals surface area contributed by atoms with Crippen LogP contribution in [0, 0.1) is 0 Å². The molecule has 1 aromatic rings. The molecule has 18 heavy (non-hydrogen) atoms. The second-order valence-electron chi connectivity index (χ2n) is 3.96. The molecular weight excluding hydrogens is 272 g/mol. The summed E-state index contributed by atoms with van der Waals surface area (Å²) in [5.74, 6) is -0.386. The van der Waals surface area contributed by atoms with Gasteiger partial charge < -0.3 is 15.4 Å². The van der Waals surface area contributed by atoms with E-state index in [0.29, 0.717) is 23.5 Å².